The quantitative estimate of drug-likeness (QED) is 0.326. The highest BCUT2D eigenvalue weighted by molar-refractivity contribution is 5.68. The number of hydrogen-bond donors (Lipinski definition) is 0. The highest BCUT2D eigenvalue weighted by Crippen LogP contribution is 2.15. The molecule has 0 fully saturated rings. The van der Waals surface area contributed by atoms with Crippen molar-refractivity contribution in [2.24, 2.45) is 5.92 Å². The number of rotatable bonds is 13. The summed E-state index contributed by atoms with van der Waals surface area (Å²) < 4.78 is 4.62. The van der Waals surface area contributed by atoms with E-state index >= 15 is 0 Å². The predicted molar refractivity (Wildman–Crippen MR) is 82.3 cm³/mol. The van der Waals surface area contributed by atoms with Crippen LogP contribution in [-0.2, 0) is 9.53 Å². The third-order valence-electron chi connectivity index (χ3n) is 4.00. The van der Waals surface area contributed by atoms with Crippen molar-refractivity contribution in [2.75, 3.05) is 7.11 Å². The Kier molecular flexibility index (Phi) is 13.5. The van der Waals surface area contributed by atoms with Gasteiger partial charge in [-0.1, -0.05) is 78.1 Å². The van der Waals surface area contributed by atoms with Crippen LogP contribution in [0.2, 0.25) is 0 Å². The van der Waals surface area contributed by atoms with Crippen molar-refractivity contribution in [2.45, 2.75) is 90.9 Å². The van der Waals surface area contributed by atoms with Crippen molar-refractivity contribution in [1.29, 1.82) is 0 Å². The topological polar surface area (TPSA) is 26.3 Å². The van der Waals surface area contributed by atoms with Crippen molar-refractivity contribution in [3.8, 4) is 0 Å². The second-order valence-corrected chi connectivity index (χ2v) is 5.81. The monoisotopic (exact) mass is 270 g/mol. The average molecular weight is 270 g/mol. The lowest BCUT2D eigenvalue weighted by atomic mass is 9.99. The van der Waals surface area contributed by atoms with Gasteiger partial charge in [-0.05, 0) is 12.3 Å². The molecule has 2 nitrogen and oxygen atoms in total. The normalized spacial score (nSPS) is 12.4. The summed E-state index contributed by atoms with van der Waals surface area (Å²) in [6.45, 7) is 4.64. The lowest BCUT2D eigenvalue weighted by Crippen LogP contribution is -1.99. The molecule has 0 aliphatic carbocycles. The standard InChI is InChI=1S/C17H34O2/c1-4-16(2)14-12-10-8-6-5-7-9-11-13-15-17(18)19-3/h16H,4-15H2,1-3H3. The number of carbonyl (C=O) groups is 1. The van der Waals surface area contributed by atoms with Crippen LogP contribution < -0.4 is 0 Å². The molecule has 0 aromatic heterocycles. The van der Waals surface area contributed by atoms with E-state index in [4.69, 9.17) is 0 Å². The fraction of sp³-hybridized carbons (Fsp3) is 0.941. The Morgan fingerprint density at radius 2 is 1.37 bits per heavy atom. The fourth-order valence-electron chi connectivity index (χ4n) is 2.31. The second kappa shape index (κ2) is 13.9. The third-order valence-corrected chi connectivity index (χ3v) is 4.00. The third kappa shape index (κ3) is 13.7. The summed E-state index contributed by atoms with van der Waals surface area (Å²) in [7, 11) is 1.46. The van der Waals surface area contributed by atoms with Crippen molar-refractivity contribution < 1.29 is 9.53 Å². The molecule has 0 aliphatic rings. The summed E-state index contributed by atoms with van der Waals surface area (Å²) in [5, 5.41) is 0. The first kappa shape index (κ1) is 18.5. The summed E-state index contributed by atoms with van der Waals surface area (Å²) in [4.78, 5) is 10.9. The molecule has 0 radical (unpaired) electrons. The van der Waals surface area contributed by atoms with Gasteiger partial charge in [0.15, 0.2) is 0 Å². The maximum absolute atomic E-state index is 10.9. The lowest BCUT2D eigenvalue weighted by Gasteiger charge is -2.07. The van der Waals surface area contributed by atoms with Crippen molar-refractivity contribution in [3.05, 3.63) is 0 Å². The van der Waals surface area contributed by atoms with Gasteiger partial charge in [-0.15, -0.1) is 0 Å². The fourth-order valence-corrected chi connectivity index (χ4v) is 2.31. The van der Waals surface area contributed by atoms with Crippen LogP contribution in [0.25, 0.3) is 0 Å². The minimum absolute atomic E-state index is 0.0682. The number of unbranched alkanes of at least 4 members (excludes halogenated alkanes) is 8. The molecule has 0 aliphatic heterocycles. The Bertz CT molecular complexity index is 201. The number of carbonyl (C=O) groups excluding carboxylic acids is 1. The van der Waals surface area contributed by atoms with Gasteiger partial charge in [0.1, 0.15) is 0 Å². The molecule has 0 bridgehead atoms. The second-order valence-electron chi connectivity index (χ2n) is 5.81. The summed E-state index contributed by atoms with van der Waals surface area (Å²) >= 11 is 0. The molecule has 0 spiro atoms. The Morgan fingerprint density at radius 1 is 0.895 bits per heavy atom. The Hall–Kier alpha value is -0.530. The molecule has 1 atom stereocenters. The molecular weight excluding hydrogens is 236 g/mol. The van der Waals surface area contributed by atoms with Gasteiger partial charge >= 0.3 is 5.97 Å². The van der Waals surface area contributed by atoms with Crippen LogP contribution >= 0.6 is 0 Å². The van der Waals surface area contributed by atoms with E-state index in [1.807, 2.05) is 0 Å². The van der Waals surface area contributed by atoms with E-state index in [1.54, 1.807) is 0 Å². The Morgan fingerprint density at radius 3 is 1.84 bits per heavy atom. The summed E-state index contributed by atoms with van der Waals surface area (Å²) in [6.07, 6.45) is 15.0. The van der Waals surface area contributed by atoms with E-state index < -0.39 is 0 Å². The Labute approximate surface area is 120 Å². The number of esters is 1. The van der Waals surface area contributed by atoms with Crippen LogP contribution in [0, 0.1) is 5.92 Å². The van der Waals surface area contributed by atoms with Gasteiger partial charge in [-0.25, -0.2) is 0 Å². The molecule has 19 heavy (non-hydrogen) atoms. The van der Waals surface area contributed by atoms with Crippen LogP contribution in [0.3, 0.4) is 0 Å². The number of ether oxygens (including phenoxy) is 1. The van der Waals surface area contributed by atoms with Crippen LogP contribution in [0.5, 0.6) is 0 Å². The zero-order chi connectivity index (χ0) is 14.3. The van der Waals surface area contributed by atoms with Gasteiger partial charge in [0.2, 0.25) is 0 Å². The van der Waals surface area contributed by atoms with E-state index in [1.165, 1.54) is 71.3 Å². The van der Waals surface area contributed by atoms with E-state index in [0.717, 1.165) is 12.3 Å². The van der Waals surface area contributed by atoms with Gasteiger partial charge in [-0.2, -0.15) is 0 Å². The Balaban J connectivity index is 3.05. The molecule has 0 amide bonds. The predicted octanol–water partition coefficient (Wildman–Crippen LogP) is 5.50. The smallest absolute Gasteiger partial charge is 0.305 e. The first-order valence-electron chi connectivity index (χ1n) is 8.27. The molecule has 0 aromatic carbocycles. The molecule has 0 N–H and O–H groups in total. The van der Waals surface area contributed by atoms with Crippen molar-refractivity contribution >= 4 is 5.97 Å². The molecule has 0 aromatic rings. The molecular formula is C17H34O2. The van der Waals surface area contributed by atoms with E-state index in [2.05, 4.69) is 18.6 Å². The van der Waals surface area contributed by atoms with Gasteiger partial charge in [0, 0.05) is 6.42 Å². The average Bonchev–Trinajstić information content (AvgIpc) is 2.43. The summed E-state index contributed by atoms with van der Waals surface area (Å²) in [6, 6.07) is 0. The van der Waals surface area contributed by atoms with Gasteiger partial charge < -0.3 is 4.74 Å². The molecule has 2 heteroatoms. The minimum Gasteiger partial charge on any atom is -0.469 e. The van der Waals surface area contributed by atoms with Crippen molar-refractivity contribution in [1.82, 2.24) is 0 Å². The molecule has 114 valence electrons. The molecule has 0 saturated heterocycles. The largest absolute Gasteiger partial charge is 0.469 e. The maximum atomic E-state index is 10.9. The molecule has 0 rings (SSSR count). The minimum atomic E-state index is -0.0682. The van der Waals surface area contributed by atoms with Crippen LogP contribution in [0.15, 0.2) is 0 Å². The first-order chi connectivity index (χ1) is 9.20. The van der Waals surface area contributed by atoms with E-state index in [-0.39, 0.29) is 5.97 Å². The highest BCUT2D eigenvalue weighted by atomic mass is 16.5. The first-order valence-corrected chi connectivity index (χ1v) is 8.27. The summed E-state index contributed by atoms with van der Waals surface area (Å²) in [5.74, 6) is 0.844. The maximum Gasteiger partial charge on any atom is 0.305 e. The number of hydrogen-bond acceptors (Lipinski definition) is 2. The van der Waals surface area contributed by atoms with Crippen LogP contribution in [0.1, 0.15) is 90.9 Å². The number of methoxy groups -OCH3 is 1. The van der Waals surface area contributed by atoms with Crippen molar-refractivity contribution in [3.63, 3.8) is 0 Å². The van der Waals surface area contributed by atoms with Gasteiger partial charge in [-0.3, -0.25) is 4.79 Å². The highest BCUT2D eigenvalue weighted by Gasteiger charge is 2.00. The summed E-state index contributed by atoms with van der Waals surface area (Å²) in [5.41, 5.74) is 0. The van der Waals surface area contributed by atoms with Crippen LogP contribution in [0.4, 0.5) is 0 Å². The van der Waals surface area contributed by atoms with Gasteiger partial charge in [0.25, 0.3) is 0 Å². The van der Waals surface area contributed by atoms with Gasteiger partial charge in [0.05, 0.1) is 7.11 Å². The molecule has 1 unspecified atom stereocenters. The molecule has 0 heterocycles. The SMILES string of the molecule is CCC(C)CCCCCCCCCCCC(=O)OC. The van der Waals surface area contributed by atoms with Crippen LogP contribution in [-0.4, -0.2) is 13.1 Å². The zero-order valence-corrected chi connectivity index (χ0v) is 13.4. The van der Waals surface area contributed by atoms with E-state index in [9.17, 15) is 4.79 Å². The zero-order valence-electron chi connectivity index (χ0n) is 13.4. The van der Waals surface area contributed by atoms with E-state index in [0.29, 0.717) is 6.42 Å². The lowest BCUT2D eigenvalue weighted by molar-refractivity contribution is -0.140. The molecule has 0 saturated carbocycles.